The van der Waals surface area contributed by atoms with Crippen molar-refractivity contribution in [2.24, 2.45) is 7.05 Å². The highest BCUT2D eigenvalue weighted by Gasteiger charge is 2.17. The van der Waals surface area contributed by atoms with Crippen molar-refractivity contribution in [2.75, 3.05) is 6.54 Å². The predicted molar refractivity (Wildman–Crippen MR) is 67.5 cm³/mol. The van der Waals surface area contributed by atoms with E-state index < -0.39 is 18.0 Å². The van der Waals surface area contributed by atoms with Gasteiger partial charge in [-0.05, 0) is 6.42 Å². The Labute approximate surface area is 110 Å². The van der Waals surface area contributed by atoms with E-state index in [1.54, 1.807) is 18.1 Å². The van der Waals surface area contributed by atoms with Crippen LogP contribution in [-0.2, 0) is 18.3 Å². The molecule has 8 heteroatoms. The molecule has 0 aliphatic rings. The Balaban J connectivity index is 2.30. The van der Waals surface area contributed by atoms with Crippen LogP contribution >= 0.6 is 0 Å². The first-order valence-corrected chi connectivity index (χ1v) is 5.75. The van der Waals surface area contributed by atoms with Crippen molar-refractivity contribution in [3.05, 3.63) is 24.8 Å². The van der Waals surface area contributed by atoms with E-state index in [0.717, 1.165) is 0 Å². The number of aliphatic carboxylic acids is 1. The first kappa shape index (κ1) is 14.7. The van der Waals surface area contributed by atoms with Gasteiger partial charge in [-0.15, -0.1) is 6.58 Å². The standard InChI is InChI=1S/C11H17N5O3/c1-3-4-8(10(17)18)14-11(19)12-6-5-9-13-7-16(2)15-9/h3,7-8H,1,4-6H2,2H3,(H,17,18)(H2,12,14,19). The second-order valence-corrected chi connectivity index (χ2v) is 3.90. The lowest BCUT2D eigenvalue weighted by molar-refractivity contribution is -0.139. The molecule has 1 aromatic heterocycles. The molecule has 0 bridgehead atoms. The van der Waals surface area contributed by atoms with Gasteiger partial charge in [0.15, 0.2) is 5.82 Å². The van der Waals surface area contributed by atoms with Crippen LogP contribution in [0.15, 0.2) is 19.0 Å². The number of rotatable bonds is 7. The third-order valence-electron chi connectivity index (χ3n) is 2.29. The minimum absolute atomic E-state index is 0.171. The highest BCUT2D eigenvalue weighted by atomic mass is 16.4. The van der Waals surface area contributed by atoms with Gasteiger partial charge in [0, 0.05) is 20.0 Å². The molecule has 1 rings (SSSR count). The van der Waals surface area contributed by atoms with E-state index in [0.29, 0.717) is 18.8 Å². The molecule has 19 heavy (non-hydrogen) atoms. The van der Waals surface area contributed by atoms with Gasteiger partial charge in [-0.1, -0.05) is 6.08 Å². The molecular weight excluding hydrogens is 250 g/mol. The summed E-state index contributed by atoms with van der Waals surface area (Å²) in [4.78, 5) is 26.3. The summed E-state index contributed by atoms with van der Waals surface area (Å²) in [5.41, 5.74) is 0. The summed E-state index contributed by atoms with van der Waals surface area (Å²) in [6, 6.07) is -1.50. The molecule has 2 amide bonds. The molecule has 1 heterocycles. The van der Waals surface area contributed by atoms with Crippen molar-refractivity contribution in [1.29, 1.82) is 0 Å². The quantitative estimate of drug-likeness (QED) is 0.587. The molecule has 0 saturated carbocycles. The number of hydrogen-bond acceptors (Lipinski definition) is 4. The van der Waals surface area contributed by atoms with E-state index in [2.05, 4.69) is 27.3 Å². The topological polar surface area (TPSA) is 109 Å². The number of carbonyl (C=O) groups is 2. The number of urea groups is 1. The molecule has 1 aromatic rings. The van der Waals surface area contributed by atoms with Gasteiger partial charge in [-0.2, -0.15) is 5.10 Å². The van der Waals surface area contributed by atoms with Gasteiger partial charge in [-0.3, -0.25) is 4.68 Å². The minimum Gasteiger partial charge on any atom is -0.480 e. The first-order chi connectivity index (χ1) is 9.02. The van der Waals surface area contributed by atoms with Crippen LogP contribution in [0, 0.1) is 0 Å². The van der Waals surface area contributed by atoms with E-state index in [4.69, 9.17) is 5.11 Å². The predicted octanol–water partition coefficient (Wildman–Crippen LogP) is -0.314. The third kappa shape index (κ3) is 5.19. The lowest BCUT2D eigenvalue weighted by atomic mass is 10.2. The fourth-order valence-electron chi connectivity index (χ4n) is 1.38. The molecule has 0 saturated heterocycles. The van der Waals surface area contributed by atoms with Gasteiger partial charge in [0.25, 0.3) is 0 Å². The van der Waals surface area contributed by atoms with Crippen molar-refractivity contribution in [2.45, 2.75) is 18.9 Å². The molecule has 0 fully saturated rings. The second kappa shape index (κ2) is 7.14. The fourth-order valence-corrected chi connectivity index (χ4v) is 1.38. The molecule has 0 spiro atoms. The number of nitrogens with zero attached hydrogens (tertiary/aromatic N) is 3. The van der Waals surface area contributed by atoms with Crippen molar-refractivity contribution in [3.63, 3.8) is 0 Å². The van der Waals surface area contributed by atoms with Crippen LogP contribution in [0.1, 0.15) is 12.2 Å². The van der Waals surface area contributed by atoms with Crippen molar-refractivity contribution in [3.8, 4) is 0 Å². The van der Waals surface area contributed by atoms with Gasteiger partial charge in [0.05, 0.1) is 0 Å². The van der Waals surface area contributed by atoms with E-state index in [1.165, 1.54) is 6.08 Å². The number of carboxylic acids is 1. The number of nitrogens with one attached hydrogen (secondary N) is 2. The van der Waals surface area contributed by atoms with Gasteiger partial charge in [0.2, 0.25) is 0 Å². The van der Waals surface area contributed by atoms with Gasteiger partial charge >= 0.3 is 12.0 Å². The molecule has 0 aliphatic heterocycles. The van der Waals surface area contributed by atoms with E-state index >= 15 is 0 Å². The van der Waals surface area contributed by atoms with Crippen LogP contribution in [0.4, 0.5) is 4.79 Å². The molecule has 0 radical (unpaired) electrons. The average molecular weight is 267 g/mol. The van der Waals surface area contributed by atoms with Crippen LogP contribution in [0.5, 0.6) is 0 Å². The van der Waals surface area contributed by atoms with Crippen molar-refractivity contribution < 1.29 is 14.7 Å². The van der Waals surface area contributed by atoms with E-state index in [9.17, 15) is 9.59 Å². The van der Waals surface area contributed by atoms with Crippen LogP contribution in [-0.4, -0.2) is 44.5 Å². The van der Waals surface area contributed by atoms with Crippen LogP contribution in [0.25, 0.3) is 0 Å². The highest BCUT2D eigenvalue weighted by Crippen LogP contribution is 1.93. The molecule has 0 aliphatic carbocycles. The lowest BCUT2D eigenvalue weighted by Gasteiger charge is -2.12. The first-order valence-electron chi connectivity index (χ1n) is 5.75. The molecule has 3 N–H and O–H groups in total. The number of amides is 2. The smallest absolute Gasteiger partial charge is 0.326 e. The summed E-state index contributed by atoms with van der Waals surface area (Å²) in [6.07, 6.45) is 3.66. The maximum absolute atomic E-state index is 11.5. The number of hydrogen-bond donors (Lipinski definition) is 3. The van der Waals surface area contributed by atoms with Gasteiger partial charge in [0.1, 0.15) is 12.4 Å². The molecule has 1 atom stereocenters. The largest absolute Gasteiger partial charge is 0.480 e. The number of aryl methyl sites for hydroxylation is 1. The van der Waals surface area contributed by atoms with Gasteiger partial charge < -0.3 is 15.7 Å². The molecule has 1 unspecified atom stereocenters. The highest BCUT2D eigenvalue weighted by molar-refractivity contribution is 5.82. The Morgan fingerprint density at radius 3 is 2.89 bits per heavy atom. The Kier molecular flexibility index (Phi) is 5.52. The van der Waals surface area contributed by atoms with Crippen molar-refractivity contribution in [1.82, 2.24) is 25.4 Å². The molecule has 0 aromatic carbocycles. The Morgan fingerprint density at radius 2 is 2.37 bits per heavy atom. The van der Waals surface area contributed by atoms with Crippen molar-refractivity contribution >= 4 is 12.0 Å². The third-order valence-corrected chi connectivity index (χ3v) is 2.29. The Hall–Kier alpha value is -2.38. The maximum atomic E-state index is 11.5. The molecular formula is C11H17N5O3. The van der Waals surface area contributed by atoms with Crippen LogP contribution in [0.3, 0.4) is 0 Å². The summed E-state index contributed by atoms with van der Waals surface area (Å²) in [7, 11) is 1.75. The zero-order valence-corrected chi connectivity index (χ0v) is 10.7. The minimum atomic E-state index is -1.10. The van der Waals surface area contributed by atoms with Crippen LogP contribution < -0.4 is 10.6 Å². The number of aromatic nitrogens is 3. The van der Waals surface area contributed by atoms with Crippen LogP contribution in [0.2, 0.25) is 0 Å². The SMILES string of the molecule is C=CCC(NC(=O)NCCc1ncn(C)n1)C(=O)O. The number of carbonyl (C=O) groups excluding carboxylic acids is 1. The normalized spacial score (nSPS) is 11.6. The Morgan fingerprint density at radius 1 is 1.63 bits per heavy atom. The average Bonchev–Trinajstić information content (AvgIpc) is 2.74. The fraction of sp³-hybridized carbons (Fsp3) is 0.455. The van der Waals surface area contributed by atoms with E-state index in [1.807, 2.05) is 0 Å². The summed E-state index contributed by atoms with van der Waals surface area (Å²) in [6.45, 7) is 3.77. The van der Waals surface area contributed by atoms with E-state index in [-0.39, 0.29) is 6.42 Å². The zero-order valence-electron chi connectivity index (χ0n) is 10.7. The number of carboxylic acid groups (broad SMARTS) is 1. The monoisotopic (exact) mass is 267 g/mol. The Bertz CT molecular complexity index is 457. The summed E-state index contributed by atoms with van der Waals surface area (Å²) < 4.78 is 1.57. The van der Waals surface area contributed by atoms with Gasteiger partial charge in [-0.25, -0.2) is 14.6 Å². The molecule has 104 valence electrons. The summed E-state index contributed by atoms with van der Waals surface area (Å²) in [5, 5.41) is 17.8. The summed E-state index contributed by atoms with van der Waals surface area (Å²) >= 11 is 0. The lowest BCUT2D eigenvalue weighted by Crippen LogP contribution is -2.46. The molecule has 8 nitrogen and oxygen atoms in total. The summed E-state index contributed by atoms with van der Waals surface area (Å²) in [5.74, 6) is -0.481. The zero-order chi connectivity index (χ0) is 14.3. The second-order valence-electron chi connectivity index (χ2n) is 3.90. The maximum Gasteiger partial charge on any atom is 0.326 e.